The van der Waals surface area contributed by atoms with Gasteiger partial charge in [-0.15, -0.1) is 0 Å². The molecule has 1 rings (SSSR count). The molecule has 4 heteroatoms. The number of nitrogens with zero attached hydrogens (tertiary/aromatic N) is 1. The number of hydrogen-bond acceptors (Lipinski definition) is 3. The molecular weight excluding hydrogens is 216 g/mol. The minimum atomic E-state index is -0.483. The average molecular weight is 236 g/mol. The number of carbonyl (C=O) groups is 1. The lowest BCUT2D eigenvalue weighted by Crippen LogP contribution is -2.17. The highest BCUT2D eigenvalue weighted by molar-refractivity contribution is 5.95. The second-order valence-electron chi connectivity index (χ2n) is 4.16. The molecule has 0 aliphatic rings. The highest BCUT2D eigenvalue weighted by Crippen LogP contribution is 2.19. The van der Waals surface area contributed by atoms with E-state index < -0.39 is 5.91 Å². The van der Waals surface area contributed by atoms with Crippen LogP contribution in [0.2, 0.25) is 0 Å². The summed E-state index contributed by atoms with van der Waals surface area (Å²) in [5.74, 6) is -0.00726. The third kappa shape index (κ3) is 4.43. The van der Waals surface area contributed by atoms with E-state index >= 15 is 0 Å². The second-order valence-corrected chi connectivity index (χ2v) is 4.16. The van der Waals surface area contributed by atoms with Crippen molar-refractivity contribution in [2.24, 2.45) is 5.73 Å². The number of ether oxygens (including phenoxy) is 1. The zero-order valence-corrected chi connectivity index (χ0v) is 10.5. The first-order chi connectivity index (χ1) is 8.15. The molecule has 0 radical (unpaired) electrons. The summed E-state index contributed by atoms with van der Waals surface area (Å²) in [6.45, 7) is 4.16. The van der Waals surface area contributed by atoms with E-state index in [4.69, 9.17) is 10.5 Å². The fourth-order valence-electron chi connectivity index (χ4n) is 1.63. The molecule has 17 heavy (non-hydrogen) atoms. The number of nitrogens with two attached hydrogens (primary N) is 1. The van der Waals surface area contributed by atoms with Gasteiger partial charge < -0.3 is 10.5 Å². The number of rotatable bonds is 7. The Bertz CT molecular complexity index is 366. The Kier molecular flexibility index (Phi) is 5.46. The van der Waals surface area contributed by atoms with Crippen molar-refractivity contribution in [3.05, 3.63) is 24.0 Å². The van der Waals surface area contributed by atoms with Crippen molar-refractivity contribution >= 4 is 5.91 Å². The Labute approximate surface area is 102 Å². The van der Waals surface area contributed by atoms with Crippen LogP contribution >= 0.6 is 0 Å². The molecular formula is C13H20N2O2. The summed E-state index contributed by atoms with van der Waals surface area (Å²) in [6.07, 6.45) is 7.63. The molecule has 0 bridgehead atoms. The van der Waals surface area contributed by atoms with Gasteiger partial charge in [0.15, 0.2) is 5.75 Å². The van der Waals surface area contributed by atoms with Gasteiger partial charge in [0.1, 0.15) is 0 Å². The van der Waals surface area contributed by atoms with Crippen LogP contribution in [-0.4, -0.2) is 17.0 Å². The molecule has 1 aromatic heterocycles. The zero-order chi connectivity index (χ0) is 12.7. The van der Waals surface area contributed by atoms with Gasteiger partial charge in [-0.2, -0.15) is 0 Å². The predicted octanol–water partition coefficient (Wildman–Crippen LogP) is 2.53. The molecule has 1 heterocycles. The maximum atomic E-state index is 11.2. The maximum Gasteiger partial charge on any atom is 0.252 e. The van der Waals surface area contributed by atoms with Crippen LogP contribution in [0.3, 0.4) is 0 Å². The van der Waals surface area contributed by atoms with Crippen LogP contribution in [0, 0.1) is 0 Å². The fourth-order valence-corrected chi connectivity index (χ4v) is 1.63. The predicted molar refractivity (Wildman–Crippen MR) is 67.0 cm³/mol. The van der Waals surface area contributed by atoms with E-state index in [1.54, 1.807) is 6.07 Å². The van der Waals surface area contributed by atoms with E-state index in [1.165, 1.54) is 25.2 Å². The van der Waals surface area contributed by atoms with E-state index in [0.29, 0.717) is 11.3 Å². The van der Waals surface area contributed by atoms with Crippen molar-refractivity contribution in [1.82, 2.24) is 4.98 Å². The normalized spacial score (nSPS) is 12.1. The topological polar surface area (TPSA) is 65.2 Å². The van der Waals surface area contributed by atoms with E-state index in [-0.39, 0.29) is 6.10 Å². The molecule has 0 spiro atoms. The zero-order valence-electron chi connectivity index (χ0n) is 10.5. The highest BCUT2D eigenvalue weighted by Gasteiger charge is 2.11. The van der Waals surface area contributed by atoms with Crippen molar-refractivity contribution in [2.75, 3.05) is 0 Å². The van der Waals surface area contributed by atoms with Gasteiger partial charge >= 0.3 is 0 Å². The number of pyridine rings is 1. The number of aromatic nitrogens is 1. The summed E-state index contributed by atoms with van der Waals surface area (Å²) in [4.78, 5) is 15.1. The van der Waals surface area contributed by atoms with Gasteiger partial charge in [-0.05, 0) is 25.8 Å². The van der Waals surface area contributed by atoms with Gasteiger partial charge in [-0.3, -0.25) is 9.78 Å². The molecule has 1 aromatic rings. The van der Waals surface area contributed by atoms with Crippen LogP contribution in [0.4, 0.5) is 0 Å². The van der Waals surface area contributed by atoms with Crippen molar-refractivity contribution in [2.45, 2.75) is 45.6 Å². The summed E-state index contributed by atoms with van der Waals surface area (Å²) in [5, 5.41) is 0. The fraction of sp³-hybridized carbons (Fsp3) is 0.538. The van der Waals surface area contributed by atoms with Crippen LogP contribution in [-0.2, 0) is 0 Å². The standard InChI is InChI=1S/C13H20N2O2/c1-3-4-5-6-10(2)17-12-9-15-8-7-11(12)13(14)16/h7-10H,3-6H2,1-2H3,(H2,14,16)/t10-/m0/s1. The van der Waals surface area contributed by atoms with E-state index in [2.05, 4.69) is 11.9 Å². The molecule has 2 N–H and O–H groups in total. The first-order valence-electron chi connectivity index (χ1n) is 6.05. The van der Waals surface area contributed by atoms with Crippen molar-refractivity contribution in [3.8, 4) is 5.75 Å². The van der Waals surface area contributed by atoms with Gasteiger partial charge in [0.05, 0.1) is 17.9 Å². The summed E-state index contributed by atoms with van der Waals surface area (Å²) >= 11 is 0. The van der Waals surface area contributed by atoms with E-state index in [1.807, 2.05) is 6.92 Å². The van der Waals surface area contributed by atoms with Gasteiger partial charge in [0.2, 0.25) is 0 Å². The lowest BCUT2D eigenvalue weighted by atomic mass is 10.1. The Morgan fingerprint density at radius 1 is 1.53 bits per heavy atom. The van der Waals surface area contributed by atoms with Crippen LogP contribution in [0.25, 0.3) is 0 Å². The lowest BCUT2D eigenvalue weighted by Gasteiger charge is -2.15. The van der Waals surface area contributed by atoms with Crippen molar-refractivity contribution in [1.29, 1.82) is 0 Å². The van der Waals surface area contributed by atoms with Crippen molar-refractivity contribution < 1.29 is 9.53 Å². The number of hydrogen-bond donors (Lipinski definition) is 1. The quantitative estimate of drug-likeness (QED) is 0.740. The lowest BCUT2D eigenvalue weighted by molar-refractivity contribution is 0.0993. The Morgan fingerprint density at radius 3 is 2.94 bits per heavy atom. The molecule has 0 aliphatic carbocycles. The number of amides is 1. The Balaban J connectivity index is 2.58. The maximum absolute atomic E-state index is 11.2. The molecule has 1 amide bonds. The van der Waals surface area contributed by atoms with Crippen LogP contribution in [0.1, 0.15) is 49.9 Å². The molecule has 4 nitrogen and oxygen atoms in total. The van der Waals surface area contributed by atoms with E-state index in [0.717, 1.165) is 12.8 Å². The first kappa shape index (κ1) is 13.5. The largest absolute Gasteiger partial charge is 0.488 e. The molecule has 0 aromatic carbocycles. The summed E-state index contributed by atoms with van der Waals surface area (Å²) in [6, 6.07) is 1.58. The van der Waals surface area contributed by atoms with Crippen molar-refractivity contribution in [3.63, 3.8) is 0 Å². The first-order valence-corrected chi connectivity index (χ1v) is 6.05. The third-order valence-corrected chi connectivity index (χ3v) is 2.59. The third-order valence-electron chi connectivity index (χ3n) is 2.59. The molecule has 0 saturated heterocycles. The van der Waals surface area contributed by atoms with Gasteiger partial charge in [0, 0.05) is 6.20 Å². The number of unbranched alkanes of at least 4 members (excludes halogenated alkanes) is 2. The van der Waals surface area contributed by atoms with E-state index in [9.17, 15) is 4.79 Å². The molecule has 0 saturated carbocycles. The molecule has 94 valence electrons. The summed E-state index contributed by atoms with van der Waals surface area (Å²) in [5.41, 5.74) is 5.66. The SMILES string of the molecule is CCCCC[C@H](C)Oc1cnccc1C(N)=O. The van der Waals surface area contributed by atoms with Gasteiger partial charge in [-0.1, -0.05) is 19.8 Å². The second kappa shape index (κ2) is 6.89. The Morgan fingerprint density at radius 2 is 2.29 bits per heavy atom. The van der Waals surface area contributed by atoms with Crippen LogP contribution in [0.15, 0.2) is 18.5 Å². The van der Waals surface area contributed by atoms with Crippen LogP contribution in [0.5, 0.6) is 5.75 Å². The molecule has 0 fully saturated rings. The van der Waals surface area contributed by atoms with Gasteiger partial charge in [-0.25, -0.2) is 0 Å². The average Bonchev–Trinajstić information content (AvgIpc) is 2.29. The van der Waals surface area contributed by atoms with Gasteiger partial charge in [0.25, 0.3) is 5.91 Å². The highest BCUT2D eigenvalue weighted by atomic mass is 16.5. The number of primary amides is 1. The summed E-state index contributed by atoms with van der Waals surface area (Å²) < 4.78 is 5.69. The summed E-state index contributed by atoms with van der Waals surface area (Å²) in [7, 11) is 0. The Hall–Kier alpha value is -1.58. The molecule has 1 atom stereocenters. The molecule has 0 unspecified atom stereocenters. The smallest absolute Gasteiger partial charge is 0.252 e. The number of carbonyl (C=O) groups excluding carboxylic acids is 1. The monoisotopic (exact) mass is 236 g/mol. The minimum absolute atomic E-state index is 0.0730. The minimum Gasteiger partial charge on any atom is -0.488 e. The molecule has 0 aliphatic heterocycles. The van der Waals surface area contributed by atoms with Crippen LogP contribution < -0.4 is 10.5 Å².